The van der Waals surface area contributed by atoms with Gasteiger partial charge in [-0.1, -0.05) is 133 Å². The average Bonchev–Trinajstić information content (AvgIpc) is 3.85. The van der Waals surface area contributed by atoms with E-state index in [2.05, 4.69) is 204 Å². The van der Waals surface area contributed by atoms with Crippen molar-refractivity contribution < 1.29 is 9.15 Å². The number of ether oxygens (including phenoxy) is 1. The minimum absolute atomic E-state index is 0.123. The van der Waals surface area contributed by atoms with Crippen molar-refractivity contribution in [1.82, 2.24) is 4.57 Å². The highest BCUT2D eigenvalue weighted by atomic mass is 16.5. The predicted molar refractivity (Wildman–Crippen MR) is 244 cm³/mol. The van der Waals surface area contributed by atoms with Crippen molar-refractivity contribution >= 4 is 72.9 Å². The first-order chi connectivity index (χ1) is 29.3. The summed E-state index contributed by atoms with van der Waals surface area (Å²) in [5, 5.41) is 4.74. The smallest absolute Gasteiger partial charge is 0.336 e. The van der Waals surface area contributed by atoms with Gasteiger partial charge in [0.1, 0.15) is 22.7 Å². The van der Waals surface area contributed by atoms with Crippen LogP contribution in [0.4, 0.5) is 11.4 Å². The first-order valence-corrected chi connectivity index (χ1v) is 20.2. The highest BCUT2D eigenvalue weighted by molar-refractivity contribution is 6.92. The van der Waals surface area contributed by atoms with Crippen molar-refractivity contribution in [2.45, 2.75) is 0 Å². The summed E-state index contributed by atoms with van der Waals surface area (Å²) in [5.74, 6) is 1.75. The third kappa shape index (κ3) is 4.67. The zero-order valence-electron chi connectivity index (χ0n) is 31.8. The average molecular weight is 753 g/mol. The number of hydrogen-bond acceptors (Lipinski definition) is 3. The van der Waals surface area contributed by atoms with Gasteiger partial charge < -0.3 is 18.5 Å². The molecule has 0 saturated carbocycles. The van der Waals surface area contributed by atoms with Gasteiger partial charge in [-0.05, 0) is 94.4 Å². The lowest BCUT2D eigenvalue weighted by atomic mass is 9.44. The summed E-state index contributed by atoms with van der Waals surface area (Å²) in [5.41, 5.74) is 16.7. The molecule has 4 nitrogen and oxygen atoms in total. The molecule has 0 radical (unpaired) electrons. The van der Waals surface area contributed by atoms with Crippen LogP contribution in [0.1, 0.15) is 0 Å². The fourth-order valence-corrected chi connectivity index (χ4v) is 9.97. The molecule has 13 rings (SSSR count). The number of rotatable bonds is 4. The van der Waals surface area contributed by atoms with E-state index in [0.717, 1.165) is 83.8 Å². The molecule has 0 saturated heterocycles. The number of fused-ring (bicyclic) bond motifs is 10. The van der Waals surface area contributed by atoms with Crippen molar-refractivity contribution in [3.05, 3.63) is 200 Å². The van der Waals surface area contributed by atoms with Crippen LogP contribution in [0.3, 0.4) is 0 Å². The van der Waals surface area contributed by atoms with Gasteiger partial charge in [0.2, 0.25) is 0 Å². The SMILES string of the molecule is c1ccc(N2B3c4ccccc4Oc4cc(-c5ccccc5-n5c6ccccc6c6ccccc65)cc(c43)-c3ccc(-c4cccc5oc6ccccc6c45)cc32)cc1. The van der Waals surface area contributed by atoms with Gasteiger partial charge in [0, 0.05) is 49.5 Å². The van der Waals surface area contributed by atoms with E-state index < -0.39 is 0 Å². The quantitative estimate of drug-likeness (QED) is 0.168. The number of hydrogen-bond donors (Lipinski definition) is 0. The van der Waals surface area contributed by atoms with Gasteiger partial charge in [-0.3, -0.25) is 0 Å². The minimum Gasteiger partial charge on any atom is -0.458 e. The lowest BCUT2D eigenvalue weighted by Crippen LogP contribution is -2.59. The van der Waals surface area contributed by atoms with E-state index >= 15 is 0 Å². The van der Waals surface area contributed by atoms with Crippen molar-refractivity contribution in [3.63, 3.8) is 0 Å². The first-order valence-electron chi connectivity index (χ1n) is 20.2. The van der Waals surface area contributed by atoms with Gasteiger partial charge >= 0.3 is 6.85 Å². The Labute approximate surface area is 340 Å². The van der Waals surface area contributed by atoms with Crippen molar-refractivity contribution in [2.24, 2.45) is 0 Å². The number of para-hydroxylation sites is 6. The summed E-state index contributed by atoms with van der Waals surface area (Å²) in [7, 11) is 0. The van der Waals surface area contributed by atoms with Gasteiger partial charge in [0.15, 0.2) is 0 Å². The van der Waals surface area contributed by atoms with Gasteiger partial charge in [-0.2, -0.15) is 0 Å². The van der Waals surface area contributed by atoms with Crippen LogP contribution < -0.4 is 20.5 Å². The summed E-state index contributed by atoms with van der Waals surface area (Å²) in [6, 6.07) is 71.9. The highest BCUT2D eigenvalue weighted by Crippen LogP contribution is 2.48. The van der Waals surface area contributed by atoms with Crippen LogP contribution in [-0.4, -0.2) is 11.4 Å². The van der Waals surface area contributed by atoms with Crippen molar-refractivity contribution in [1.29, 1.82) is 0 Å². The van der Waals surface area contributed by atoms with E-state index in [-0.39, 0.29) is 6.85 Å². The number of aromatic nitrogens is 1. The second-order valence-corrected chi connectivity index (χ2v) is 15.6. The van der Waals surface area contributed by atoms with Crippen LogP contribution in [0.15, 0.2) is 205 Å². The molecule has 4 heterocycles. The molecule has 274 valence electrons. The topological polar surface area (TPSA) is 30.5 Å². The molecule has 2 aromatic heterocycles. The Bertz CT molecular complexity index is 3460. The van der Waals surface area contributed by atoms with Gasteiger partial charge in [-0.15, -0.1) is 0 Å². The third-order valence-electron chi connectivity index (χ3n) is 12.4. The third-order valence-corrected chi connectivity index (χ3v) is 12.4. The van der Waals surface area contributed by atoms with Gasteiger partial charge in [-0.25, -0.2) is 0 Å². The van der Waals surface area contributed by atoms with Crippen LogP contribution in [0.25, 0.3) is 82.8 Å². The van der Waals surface area contributed by atoms with Crippen LogP contribution in [0, 0.1) is 0 Å². The maximum Gasteiger partial charge on any atom is 0.336 e. The Balaban J connectivity index is 1.09. The van der Waals surface area contributed by atoms with Crippen LogP contribution in [0.2, 0.25) is 0 Å². The van der Waals surface area contributed by atoms with Crippen LogP contribution >= 0.6 is 0 Å². The molecule has 5 heteroatoms. The van der Waals surface area contributed by atoms with E-state index in [0.29, 0.717) is 0 Å². The highest BCUT2D eigenvalue weighted by Gasteiger charge is 2.44. The normalized spacial score (nSPS) is 12.8. The molecular formula is C54H33BN2O2. The van der Waals surface area contributed by atoms with E-state index in [4.69, 9.17) is 9.15 Å². The van der Waals surface area contributed by atoms with E-state index in [1.54, 1.807) is 0 Å². The molecule has 2 aliphatic rings. The number of benzene rings is 9. The van der Waals surface area contributed by atoms with Crippen molar-refractivity contribution in [3.8, 4) is 50.6 Å². The Morgan fingerprint density at radius 2 is 1.08 bits per heavy atom. The largest absolute Gasteiger partial charge is 0.458 e. The Morgan fingerprint density at radius 3 is 1.93 bits per heavy atom. The molecular weight excluding hydrogens is 719 g/mol. The van der Waals surface area contributed by atoms with Crippen molar-refractivity contribution in [2.75, 3.05) is 4.81 Å². The van der Waals surface area contributed by atoms with E-state index in [1.165, 1.54) is 32.8 Å². The molecule has 0 aliphatic carbocycles. The second-order valence-electron chi connectivity index (χ2n) is 15.6. The molecule has 0 unspecified atom stereocenters. The van der Waals surface area contributed by atoms with E-state index in [9.17, 15) is 0 Å². The van der Waals surface area contributed by atoms with E-state index in [1.807, 2.05) is 6.07 Å². The summed E-state index contributed by atoms with van der Waals surface area (Å²) in [4.78, 5) is 2.52. The molecule has 0 spiro atoms. The number of nitrogens with zero attached hydrogens (tertiary/aromatic N) is 2. The molecule has 0 amide bonds. The summed E-state index contributed by atoms with van der Waals surface area (Å²) in [6.07, 6.45) is 0. The molecule has 0 fully saturated rings. The maximum absolute atomic E-state index is 6.99. The lowest BCUT2D eigenvalue weighted by molar-refractivity contribution is 0.487. The summed E-state index contributed by atoms with van der Waals surface area (Å²) in [6.45, 7) is -0.123. The minimum atomic E-state index is -0.123. The predicted octanol–water partition coefficient (Wildman–Crippen LogP) is 13.0. The molecule has 0 bridgehead atoms. The van der Waals surface area contributed by atoms with Gasteiger partial charge in [0.25, 0.3) is 0 Å². The lowest BCUT2D eigenvalue weighted by Gasteiger charge is -2.42. The Morgan fingerprint density at radius 1 is 0.407 bits per heavy atom. The fraction of sp³-hybridized carbons (Fsp3) is 0. The van der Waals surface area contributed by atoms with Crippen LogP contribution in [0.5, 0.6) is 11.5 Å². The standard InChI is InChI=1S/C54H33BN2O2/c1-2-15-36(16-3-1)57-48-32-34(38-21-14-28-51-53(38)42-20-7-12-26-49(42)58-51)29-30-41(48)43-31-35(33-52-54(43)55(57)44-22-8-13-27-50(44)59-52)37-17-4-9-23-45(37)56-46-24-10-5-18-39(46)40-19-6-11-25-47(40)56/h1-33H. The number of anilines is 2. The first kappa shape index (κ1) is 32.3. The maximum atomic E-state index is 6.99. The van der Waals surface area contributed by atoms with Gasteiger partial charge in [0.05, 0.1) is 16.7 Å². The summed E-state index contributed by atoms with van der Waals surface area (Å²) < 4.78 is 15.8. The van der Waals surface area contributed by atoms with Crippen LogP contribution in [-0.2, 0) is 0 Å². The second kappa shape index (κ2) is 12.4. The molecule has 2 aliphatic heterocycles. The molecule has 59 heavy (non-hydrogen) atoms. The fourth-order valence-electron chi connectivity index (χ4n) is 9.97. The summed E-state index contributed by atoms with van der Waals surface area (Å²) >= 11 is 0. The Kier molecular flexibility index (Phi) is 6.78. The number of furan rings is 1. The molecule has 11 aromatic rings. The molecule has 0 atom stereocenters. The Hall–Kier alpha value is -7.76. The zero-order valence-corrected chi connectivity index (χ0v) is 31.8. The monoisotopic (exact) mass is 752 g/mol. The molecule has 9 aromatic carbocycles. The zero-order chi connectivity index (χ0) is 38.6. The molecule has 0 N–H and O–H groups in total.